The molecule has 0 bridgehead atoms. The van der Waals surface area contributed by atoms with Crippen LogP contribution in [0.25, 0.3) is 17.2 Å². The van der Waals surface area contributed by atoms with Crippen LogP contribution in [0.1, 0.15) is 68.7 Å². The van der Waals surface area contributed by atoms with E-state index in [9.17, 15) is 19.1 Å². The third-order valence-corrected chi connectivity index (χ3v) is 6.66. The molecule has 7 nitrogen and oxygen atoms in total. The molecule has 3 aromatic rings. The number of ketones is 1. The molecule has 0 spiro atoms. The second-order valence-corrected chi connectivity index (χ2v) is 10.9. The third kappa shape index (κ3) is 6.74. The molecule has 4 rings (SSSR count). The smallest absolute Gasteiger partial charge is 0.310 e. The largest absolute Gasteiger partial charge is 0.484 e. The first-order chi connectivity index (χ1) is 18.9. The summed E-state index contributed by atoms with van der Waals surface area (Å²) in [6.07, 6.45) is 5.11. The van der Waals surface area contributed by atoms with Gasteiger partial charge in [-0.3, -0.25) is 14.6 Å². The zero-order chi connectivity index (χ0) is 29.0. The number of benzene rings is 2. The number of nitrogens with zero attached hydrogens (tertiary/aromatic N) is 1. The summed E-state index contributed by atoms with van der Waals surface area (Å²) in [5.74, 6) is -1.02. The Balaban J connectivity index is 1.91. The number of halogens is 1. The molecule has 1 aliphatic rings. The Morgan fingerprint density at radius 1 is 1.20 bits per heavy atom. The zero-order valence-corrected chi connectivity index (χ0v) is 23.1. The van der Waals surface area contributed by atoms with Gasteiger partial charge in [0.25, 0.3) is 0 Å². The summed E-state index contributed by atoms with van der Waals surface area (Å²) in [7, 11) is 0. The molecule has 1 unspecified atom stereocenters. The summed E-state index contributed by atoms with van der Waals surface area (Å²) < 4.78 is 26.9. The van der Waals surface area contributed by atoms with Crippen LogP contribution in [0.5, 0.6) is 11.5 Å². The number of rotatable bonds is 11. The fourth-order valence-electron chi connectivity index (χ4n) is 5.08. The van der Waals surface area contributed by atoms with E-state index in [1.165, 1.54) is 18.2 Å². The van der Waals surface area contributed by atoms with Crippen molar-refractivity contribution in [2.75, 3.05) is 0 Å². The van der Waals surface area contributed by atoms with Crippen molar-refractivity contribution in [2.24, 2.45) is 0 Å². The van der Waals surface area contributed by atoms with Crippen LogP contribution in [0.15, 0.2) is 54.9 Å². The Hall–Kier alpha value is -4.04. The Bertz CT molecular complexity index is 1410. The van der Waals surface area contributed by atoms with Crippen LogP contribution in [-0.4, -0.2) is 38.7 Å². The molecule has 1 aliphatic heterocycles. The number of carbonyl (C=O) groups excluding carboxylic acids is 1. The number of hydrogen-bond donors (Lipinski definition) is 2. The van der Waals surface area contributed by atoms with Crippen LogP contribution >= 0.6 is 0 Å². The van der Waals surface area contributed by atoms with Crippen molar-refractivity contribution in [1.82, 2.24) is 4.98 Å². The lowest BCUT2D eigenvalue weighted by Crippen LogP contribution is -2.25. The average molecular weight is 548 g/mol. The van der Waals surface area contributed by atoms with Crippen LogP contribution in [0, 0.1) is 5.82 Å². The Kier molecular flexibility index (Phi) is 8.69. The molecule has 2 N–H and O–H groups in total. The van der Waals surface area contributed by atoms with Gasteiger partial charge in [-0.05, 0) is 54.7 Å². The number of carboxylic acids is 1. The maximum atomic E-state index is 14.0. The molecule has 0 aliphatic carbocycles. The van der Waals surface area contributed by atoms with E-state index in [0.717, 1.165) is 22.3 Å². The van der Waals surface area contributed by atoms with Gasteiger partial charge in [0.1, 0.15) is 30.2 Å². The third-order valence-electron chi connectivity index (χ3n) is 6.66. The second-order valence-electron chi connectivity index (χ2n) is 10.9. The summed E-state index contributed by atoms with van der Waals surface area (Å²) in [6.45, 7) is 8.36. The number of Topliss-reactive ketones (excluding diaryl/α,β-unsaturated/α-hetero) is 1. The standard InChI is InChI=1S/C32H34FNO6/c1-19(2)28-25(12-11-23(35)14-24(36)15-27(37)38)29(21-7-9-22(33)10-8-21)31(30-26(28)16-32(3,4)40-30)39-18-20-6-5-13-34-17-20/h5-13,17,19,23,35H,14-16,18H2,1-4H3,(H,37,38)/b12-11+. The molecule has 0 amide bonds. The Morgan fingerprint density at radius 3 is 2.55 bits per heavy atom. The number of aromatic nitrogens is 1. The first-order valence-corrected chi connectivity index (χ1v) is 13.2. The van der Waals surface area contributed by atoms with Crippen molar-refractivity contribution in [1.29, 1.82) is 0 Å². The number of aliphatic hydroxyl groups excluding tert-OH is 1. The molecule has 0 radical (unpaired) electrons. The molecular formula is C32H34FNO6. The van der Waals surface area contributed by atoms with E-state index in [4.69, 9.17) is 14.6 Å². The van der Waals surface area contributed by atoms with Crippen molar-refractivity contribution < 1.29 is 33.7 Å². The van der Waals surface area contributed by atoms with E-state index in [1.54, 1.807) is 30.6 Å². The maximum Gasteiger partial charge on any atom is 0.310 e. The first-order valence-electron chi connectivity index (χ1n) is 13.2. The summed E-state index contributed by atoms with van der Waals surface area (Å²) in [6, 6.07) is 9.82. The van der Waals surface area contributed by atoms with Crippen LogP contribution in [0.3, 0.4) is 0 Å². The van der Waals surface area contributed by atoms with E-state index in [0.29, 0.717) is 29.0 Å². The lowest BCUT2D eigenvalue weighted by Gasteiger charge is -2.24. The molecular weight excluding hydrogens is 513 g/mol. The fourth-order valence-corrected chi connectivity index (χ4v) is 5.08. The minimum absolute atomic E-state index is 0.0447. The number of fused-ring (bicyclic) bond motifs is 1. The number of carboxylic acid groups (broad SMARTS) is 1. The second kappa shape index (κ2) is 12.0. The van der Waals surface area contributed by atoms with Crippen molar-refractivity contribution in [3.05, 3.63) is 82.9 Å². The monoisotopic (exact) mass is 547 g/mol. The molecule has 2 aromatic carbocycles. The summed E-state index contributed by atoms with van der Waals surface area (Å²) in [5.41, 5.74) is 4.46. The predicted octanol–water partition coefficient (Wildman–Crippen LogP) is 6.11. The van der Waals surface area contributed by atoms with Gasteiger partial charge in [-0.1, -0.05) is 44.2 Å². The van der Waals surface area contributed by atoms with Gasteiger partial charge in [-0.15, -0.1) is 0 Å². The summed E-state index contributed by atoms with van der Waals surface area (Å²) in [4.78, 5) is 27.1. The lowest BCUT2D eigenvalue weighted by molar-refractivity contribution is -0.140. The molecule has 1 atom stereocenters. The number of carbonyl (C=O) groups is 2. The molecule has 0 saturated carbocycles. The zero-order valence-electron chi connectivity index (χ0n) is 23.1. The highest BCUT2D eigenvalue weighted by Gasteiger charge is 2.38. The molecule has 0 fully saturated rings. The van der Waals surface area contributed by atoms with Gasteiger partial charge in [0.05, 0.1) is 6.10 Å². The van der Waals surface area contributed by atoms with E-state index >= 15 is 0 Å². The van der Waals surface area contributed by atoms with Crippen LogP contribution in [0.2, 0.25) is 0 Å². The molecule has 0 saturated heterocycles. The highest BCUT2D eigenvalue weighted by Crippen LogP contribution is 2.53. The van der Waals surface area contributed by atoms with Crippen molar-refractivity contribution in [3.63, 3.8) is 0 Å². The molecule has 2 heterocycles. The Labute approximate surface area is 233 Å². The minimum atomic E-state index is -1.24. The summed E-state index contributed by atoms with van der Waals surface area (Å²) >= 11 is 0. The van der Waals surface area contributed by atoms with Crippen LogP contribution in [0.4, 0.5) is 4.39 Å². The van der Waals surface area contributed by atoms with Crippen LogP contribution in [-0.2, 0) is 22.6 Å². The number of hydrogen-bond acceptors (Lipinski definition) is 6. The minimum Gasteiger partial charge on any atom is -0.484 e. The summed E-state index contributed by atoms with van der Waals surface area (Å²) in [5, 5.41) is 19.5. The van der Waals surface area contributed by atoms with Gasteiger partial charge in [0.2, 0.25) is 0 Å². The molecule has 1 aromatic heterocycles. The SMILES string of the molecule is CC(C)c1c(/C=C/C(O)CC(=O)CC(=O)O)c(-c2ccc(F)cc2)c(OCc2cccnc2)c2c1CC(C)(C)O2. The predicted molar refractivity (Wildman–Crippen MR) is 150 cm³/mol. The van der Waals surface area contributed by atoms with Crippen molar-refractivity contribution >= 4 is 17.8 Å². The van der Waals surface area contributed by atoms with Gasteiger partial charge in [-0.2, -0.15) is 0 Å². The first kappa shape index (κ1) is 29.0. The Morgan fingerprint density at radius 2 is 1.93 bits per heavy atom. The van der Waals surface area contributed by atoms with Gasteiger partial charge in [0, 0.05) is 41.9 Å². The van der Waals surface area contributed by atoms with Crippen molar-refractivity contribution in [2.45, 2.75) is 71.2 Å². The highest BCUT2D eigenvalue weighted by atomic mass is 19.1. The number of pyridine rings is 1. The van der Waals surface area contributed by atoms with Crippen LogP contribution < -0.4 is 9.47 Å². The number of ether oxygens (including phenoxy) is 2. The van der Waals surface area contributed by atoms with Gasteiger partial charge in [-0.25, -0.2) is 4.39 Å². The fraction of sp³-hybridized carbons (Fsp3) is 0.344. The number of aliphatic carboxylic acids is 1. The lowest BCUT2D eigenvalue weighted by atomic mass is 9.83. The highest BCUT2D eigenvalue weighted by molar-refractivity contribution is 5.95. The molecule has 210 valence electrons. The van der Waals surface area contributed by atoms with Gasteiger partial charge >= 0.3 is 5.97 Å². The van der Waals surface area contributed by atoms with Crippen molar-refractivity contribution in [3.8, 4) is 22.6 Å². The molecule has 8 heteroatoms. The van der Waals surface area contributed by atoms with Gasteiger partial charge in [0.15, 0.2) is 11.5 Å². The van der Waals surface area contributed by atoms with E-state index in [-0.39, 0.29) is 24.8 Å². The quantitative estimate of drug-likeness (QED) is 0.279. The van der Waals surface area contributed by atoms with E-state index in [2.05, 4.69) is 18.8 Å². The average Bonchev–Trinajstić information content (AvgIpc) is 3.20. The molecule has 40 heavy (non-hydrogen) atoms. The normalized spacial score (nSPS) is 14.7. The number of aliphatic hydroxyl groups is 1. The topological polar surface area (TPSA) is 106 Å². The van der Waals surface area contributed by atoms with Gasteiger partial charge < -0.3 is 19.7 Å². The van der Waals surface area contributed by atoms with E-state index < -0.39 is 29.9 Å². The van der Waals surface area contributed by atoms with E-state index in [1.807, 2.05) is 26.0 Å². The maximum absolute atomic E-state index is 14.0.